The third-order valence-corrected chi connectivity index (χ3v) is 4.07. The smallest absolute Gasteiger partial charge is 0.287 e. The lowest BCUT2D eigenvalue weighted by atomic mass is 9.92. The van der Waals surface area contributed by atoms with Gasteiger partial charge in [0.05, 0.1) is 11.1 Å². The van der Waals surface area contributed by atoms with Crippen molar-refractivity contribution in [1.82, 2.24) is 10.2 Å². The SMILES string of the molecule is N#Cc1cc(N2CCCC(c3cn[nH]c3)C2)ccc1[N+](=O)[O-]. The topological polar surface area (TPSA) is 98.8 Å². The van der Waals surface area contributed by atoms with Gasteiger partial charge in [-0.05, 0) is 30.5 Å². The first-order valence-corrected chi connectivity index (χ1v) is 7.11. The maximum Gasteiger partial charge on any atom is 0.287 e. The molecule has 0 radical (unpaired) electrons. The number of piperidine rings is 1. The number of H-pyrrole nitrogens is 1. The first kappa shape index (κ1) is 14.1. The Hall–Kier alpha value is -2.88. The predicted molar refractivity (Wildman–Crippen MR) is 80.6 cm³/mol. The van der Waals surface area contributed by atoms with Crippen molar-refractivity contribution in [2.45, 2.75) is 18.8 Å². The van der Waals surface area contributed by atoms with E-state index in [-0.39, 0.29) is 11.3 Å². The molecule has 1 aliphatic rings. The summed E-state index contributed by atoms with van der Waals surface area (Å²) < 4.78 is 0. The van der Waals surface area contributed by atoms with Gasteiger partial charge in [-0.15, -0.1) is 0 Å². The van der Waals surface area contributed by atoms with Crippen molar-refractivity contribution in [3.63, 3.8) is 0 Å². The number of nitrogens with one attached hydrogen (secondary N) is 1. The molecule has 1 aromatic carbocycles. The highest BCUT2D eigenvalue weighted by molar-refractivity contribution is 5.60. The summed E-state index contributed by atoms with van der Waals surface area (Å²) in [4.78, 5) is 12.6. The molecule has 112 valence electrons. The quantitative estimate of drug-likeness (QED) is 0.693. The molecule has 1 atom stereocenters. The molecule has 3 rings (SSSR count). The molecule has 1 aliphatic heterocycles. The molecule has 0 saturated carbocycles. The lowest BCUT2D eigenvalue weighted by Crippen LogP contribution is -2.34. The minimum Gasteiger partial charge on any atom is -0.371 e. The summed E-state index contributed by atoms with van der Waals surface area (Å²) in [5.74, 6) is 0.383. The fraction of sp³-hybridized carbons (Fsp3) is 0.333. The maximum atomic E-state index is 10.9. The van der Waals surface area contributed by atoms with Gasteiger partial charge in [0.2, 0.25) is 0 Å². The average Bonchev–Trinajstić information content (AvgIpc) is 3.08. The van der Waals surface area contributed by atoms with Crippen molar-refractivity contribution in [2.75, 3.05) is 18.0 Å². The summed E-state index contributed by atoms with van der Waals surface area (Å²) in [6.45, 7) is 1.71. The molecule has 2 aromatic rings. The summed E-state index contributed by atoms with van der Waals surface area (Å²) in [5.41, 5.74) is 1.99. The summed E-state index contributed by atoms with van der Waals surface area (Å²) >= 11 is 0. The van der Waals surface area contributed by atoms with Crippen LogP contribution in [0.25, 0.3) is 0 Å². The summed E-state index contributed by atoms with van der Waals surface area (Å²) in [5, 5.41) is 26.8. The van der Waals surface area contributed by atoms with Gasteiger partial charge in [0.1, 0.15) is 11.6 Å². The van der Waals surface area contributed by atoms with E-state index in [0.29, 0.717) is 5.92 Å². The van der Waals surface area contributed by atoms with E-state index in [1.165, 1.54) is 11.6 Å². The lowest BCUT2D eigenvalue weighted by molar-refractivity contribution is -0.385. The van der Waals surface area contributed by atoms with Crippen molar-refractivity contribution < 1.29 is 4.92 Å². The molecular formula is C15H15N5O2. The van der Waals surface area contributed by atoms with Crippen LogP contribution in [0, 0.1) is 21.4 Å². The Bertz CT molecular complexity index is 720. The number of hydrogen-bond acceptors (Lipinski definition) is 5. The number of nitrogens with zero attached hydrogens (tertiary/aromatic N) is 4. The standard InChI is InChI=1S/C15H15N5O2/c16-7-12-6-14(3-4-15(12)20(21)22)19-5-1-2-11(10-19)13-8-17-18-9-13/h3-4,6,8-9,11H,1-2,5,10H2,(H,17,18). The van der Waals surface area contributed by atoms with E-state index in [2.05, 4.69) is 15.1 Å². The van der Waals surface area contributed by atoms with Crippen molar-refractivity contribution in [3.05, 3.63) is 51.8 Å². The molecule has 2 heterocycles. The van der Waals surface area contributed by atoms with Crippen LogP contribution >= 0.6 is 0 Å². The number of anilines is 1. The zero-order valence-electron chi connectivity index (χ0n) is 11.9. The molecule has 1 fully saturated rings. The molecule has 7 heteroatoms. The van der Waals surface area contributed by atoms with E-state index in [0.717, 1.165) is 31.6 Å². The fourth-order valence-electron chi connectivity index (χ4n) is 2.94. The molecule has 0 spiro atoms. The van der Waals surface area contributed by atoms with Gasteiger partial charge >= 0.3 is 0 Å². The van der Waals surface area contributed by atoms with Crippen LogP contribution in [0.15, 0.2) is 30.6 Å². The summed E-state index contributed by atoms with van der Waals surface area (Å²) in [6, 6.07) is 6.65. The van der Waals surface area contributed by atoms with Gasteiger partial charge < -0.3 is 4.90 Å². The second kappa shape index (κ2) is 5.85. The second-order valence-electron chi connectivity index (χ2n) is 5.39. The van der Waals surface area contributed by atoms with E-state index in [1.54, 1.807) is 12.1 Å². The van der Waals surface area contributed by atoms with Gasteiger partial charge in [0, 0.05) is 37.0 Å². The highest BCUT2D eigenvalue weighted by atomic mass is 16.6. The highest BCUT2D eigenvalue weighted by Crippen LogP contribution is 2.31. The molecule has 1 unspecified atom stereocenters. The minimum absolute atomic E-state index is 0.105. The zero-order valence-corrected chi connectivity index (χ0v) is 11.9. The number of nitriles is 1. The normalized spacial score (nSPS) is 18.0. The Labute approximate surface area is 127 Å². The van der Waals surface area contributed by atoms with Crippen LogP contribution < -0.4 is 4.90 Å². The number of aromatic nitrogens is 2. The molecule has 1 N–H and O–H groups in total. The van der Waals surface area contributed by atoms with Crippen LogP contribution in [-0.4, -0.2) is 28.2 Å². The number of hydrogen-bond donors (Lipinski definition) is 1. The molecule has 22 heavy (non-hydrogen) atoms. The first-order chi connectivity index (χ1) is 10.7. The third kappa shape index (κ3) is 2.63. The fourth-order valence-corrected chi connectivity index (χ4v) is 2.94. The van der Waals surface area contributed by atoms with E-state index in [1.807, 2.05) is 18.5 Å². The Morgan fingerprint density at radius 1 is 1.50 bits per heavy atom. The van der Waals surface area contributed by atoms with E-state index >= 15 is 0 Å². The van der Waals surface area contributed by atoms with Crippen LogP contribution in [0.4, 0.5) is 11.4 Å². The molecule has 1 aromatic heterocycles. The summed E-state index contributed by atoms with van der Waals surface area (Å²) in [6.07, 6.45) is 5.87. The van der Waals surface area contributed by atoms with Gasteiger partial charge in [-0.25, -0.2) is 0 Å². The van der Waals surface area contributed by atoms with E-state index in [9.17, 15) is 10.1 Å². The van der Waals surface area contributed by atoms with Crippen LogP contribution in [-0.2, 0) is 0 Å². The van der Waals surface area contributed by atoms with E-state index < -0.39 is 4.92 Å². The van der Waals surface area contributed by atoms with Crippen molar-refractivity contribution in [1.29, 1.82) is 5.26 Å². The zero-order chi connectivity index (χ0) is 15.5. The van der Waals surface area contributed by atoms with Crippen molar-refractivity contribution in [3.8, 4) is 6.07 Å². The monoisotopic (exact) mass is 297 g/mol. The van der Waals surface area contributed by atoms with Gasteiger partial charge in [-0.3, -0.25) is 15.2 Å². The number of nitro groups is 1. The molecule has 1 saturated heterocycles. The number of rotatable bonds is 3. The largest absolute Gasteiger partial charge is 0.371 e. The second-order valence-corrected chi connectivity index (χ2v) is 5.39. The molecule has 0 amide bonds. The van der Waals surface area contributed by atoms with Crippen LogP contribution in [0.3, 0.4) is 0 Å². The predicted octanol–water partition coefficient (Wildman–Crippen LogP) is 2.57. The number of nitro benzene ring substituents is 1. The Morgan fingerprint density at radius 3 is 3.05 bits per heavy atom. The Balaban J connectivity index is 1.85. The molecule has 7 nitrogen and oxygen atoms in total. The molecule has 0 aliphatic carbocycles. The first-order valence-electron chi connectivity index (χ1n) is 7.11. The third-order valence-electron chi connectivity index (χ3n) is 4.07. The van der Waals surface area contributed by atoms with Crippen molar-refractivity contribution >= 4 is 11.4 Å². The minimum atomic E-state index is -0.521. The number of aromatic amines is 1. The summed E-state index contributed by atoms with van der Waals surface area (Å²) in [7, 11) is 0. The van der Waals surface area contributed by atoms with Crippen molar-refractivity contribution in [2.24, 2.45) is 0 Å². The lowest BCUT2D eigenvalue weighted by Gasteiger charge is -2.34. The van der Waals surface area contributed by atoms with Gasteiger partial charge in [0.25, 0.3) is 5.69 Å². The highest BCUT2D eigenvalue weighted by Gasteiger charge is 2.24. The number of benzene rings is 1. The van der Waals surface area contributed by atoms with Crippen LogP contribution in [0.1, 0.15) is 29.9 Å². The Morgan fingerprint density at radius 2 is 2.36 bits per heavy atom. The molecule has 0 bridgehead atoms. The average molecular weight is 297 g/mol. The maximum absolute atomic E-state index is 10.9. The molecular weight excluding hydrogens is 282 g/mol. The van der Waals surface area contributed by atoms with Gasteiger partial charge in [-0.1, -0.05) is 0 Å². The van der Waals surface area contributed by atoms with Crippen LogP contribution in [0.2, 0.25) is 0 Å². The Kier molecular flexibility index (Phi) is 3.74. The van der Waals surface area contributed by atoms with E-state index in [4.69, 9.17) is 5.26 Å². The van der Waals surface area contributed by atoms with Gasteiger partial charge in [0.15, 0.2) is 0 Å². The van der Waals surface area contributed by atoms with Crippen LogP contribution in [0.5, 0.6) is 0 Å². The van der Waals surface area contributed by atoms with Gasteiger partial charge in [-0.2, -0.15) is 10.4 Å².